The molecule has 0 aliphatic heterocycles. The molecule has 0 heterocycles. The van der Waals surface area contributed by atoms with Crippen LogP contribution in [0.5, 0.6) is 0 Å². The van der Waals surface area contributed by atoms with E-state index in [0.29, 0.717) is 11.0 Å². The van der Waals surface area contributed by atoms with Crippen LogP contribution in [-0.4, -0.2) is 25.8 Å². The van der Waals surface area contributed by atoms with E-state index in [1.54, 1.807) is 25.1 Å². The molecular weight excluding hydrogens is 304 g/mol. The Labute approximate surface area is 110 Å². The van der Waals surface area contributed by atoms with Crippen LogP contribution >= 0.6 is 15.9 Å². The van der Waals surface area contributed by atoms with Gasteiger partial charge in [-0.05, 0) is 18.2 Å². The summed E-state index contributed by atoms with van der Waals surface area (Å²) in [7, 11) is -3.56. The summed E-state index contributed by atoms with van der Waals surface area (Å²) in [4.78, 5) is 0.121. The van der Waals surface area contributed by atoms with E-state index in [1.165, 1.54) is 10.4 Å². The van der Waals surface area contributed by atoms with Gasteiger partial charge in [-0.15, -0.1) is 6.58 Å². The third-order valence-electron chi connectivity index (χ3n) is 2.28. The van der Waals surface area contributed by atoms with Crippen LogP contribution in [0.4, 0.5) is 5.69 Å². The van der Waals surface area contributed by atoms with Gasteiger partial charge < -0.3 is 5.73 Å². The molecule has 0 saturated carbocycles. The Hall–Kier alpha value is -0.850. The minimum absolute atomic E-state index is 0.121. The van der Waals surface area contributed by atoms with Crippen molar-refractivity contribution in [3.63, 3.8) is 0 Å². The summed E-state index contributed by atoms with van der Waals surface area (Å²) in [5.74, 6) is 0. The summed E-state index contributed by atoms with van der Waals surface area (Å²) >= 11 is 3.24. The van der Waals surface area contributed by atoms with Crippen LogP contribution in [0.2, 0.25) is 0 Å². The lowest BCUT2D eigenvalue weighted by Gasteiger charge is -2.19. The molecule has 0 saturated heterocycles. The summed E-state index contributed by atoms with van der Waals surface area (Å²) in [6, 6.07) is 4.78. The SMILES string of the molecule is C=CCN(CC)S(=O)(=O)c1cc(Br)ccc1N. The maximum absolute atomic E-state index is 12.3. The van der Waals surface area contributed by atoms with Crippen LogP contribution in [0.25, 0.3) is 0 Å². The lowest BCUT2D eigenvalue weighted by atomic mass is 10.3. The van der Waals surface area contributed by atoms with Crippen LogP contribution < -0.4 is 5.73 Å². The Morgan fingerprint density at radius 2 is 2.18 bits per heavy atom. The summed E-state index contributed by atoms with van der Waals surface area (Å²) < 4.78 is 26.6. The number of nitrogens with two attached hydrogens (primary N) is 1. The van der Waals surface area contributed by atoms with Gasteiger partial charge in [-0.2, -0.15) is 4.31 Å². The van der Waals surface area contributed by atoms with E-state index in [0.717, 1.165) is 0 Å². The van der Waals surface area contributed by atoms with Crippen LogP contribution in [0.3, 0.4) is 0 Å². The molecule has 0 radical (unpaired) electrons. The molecule has 0 bridgehead atoms. The lowest BCUT2D eigenvalue weighted by molar-refractivity contribution is 0.460. The van der Waals surface area contributed by atoms with Gasteiger partial charge in [0.1, 0.15) is 4.90 Å². The van der Waals surface area contributed by atoms with Gasteiger partial charge in [0.05, 0.1) is 5.69 Å². The van der Waals surface area contributed by atoms with Gasteiger partial charge in [0.2, 0.25) is 10.0 Å². The maximum atomic E-state index is 12.3. The molecule has 1 aromatic rings. The van der Waals surface area contributed by atoms with Crippen LogP contribution in [0.1, 0.15) is 6.92 Å². The van der Waals surface area contributed by atoms with Crippen molar-refractivity contribution in [3.05, 3.63) is 35.3 Å². The summed E-state index contributed by atoms with van der Waals surface area (Å²) in [5, 5.41) is 0. The van der Waals surface area contributed by atoms with Gasteiger partial charge in [-0.25, -0.2) is 8.42 Å². The molecule has 0 amide bonds. The average Bonchev–Trinajstić information content (AvgIpc) is 2.28. The smallest absolute Gasteiger partial charge is 0.245 e. The van der Waals surface area contributed by atoms with E-state index >= 15 is 0 Å². The Morgan fingerprint density at radius 3 is 2.71 bits per heavy atom. The fourth-order valence-electron chi connectivity index (χ4n) is 1.41. The first-order valence-electron chi connectivity index (χ1n) is 5.09. The zero-order valence-electron chi connectivity index (χ0n) is 9.56. The van der Waals surface area contributed by atoms with Gasteiger partial charge in [-0.3, -0.25) is 0 Å². The first kappa shape index (κ1) is 14.2. The third kappa shape index (κ3) is 3.08. The molecule has 1 aromatic carbocycles. The normalized spacial score (nSPS) is 11.7. The largest absolute Gasteiger partial charge is 0.398 e. The van der Waals surface area contributed by atoms with Crippen molar-refractivity contribution in [2.24, 2.45) is 0 Å². The predicted octanol–water partition coefficient (Wildman–Crippen LogP) is 2.23. The van der Waals surface area contributed by atoms with Crippen LogP contribution in [-0.2, 0) is 10.0 Å². The number of halogens is 1. The van der Waals surface area contributed by atoms with E-state index in [1.807, 2.05) is 0 Å². The molecule has 0 atom stereocenters. The molecule has 6 heteroatoms. The minimum atomic E-state index is -3.56. The second-order valence-corrected chi connectivity index (χ2v) is 6.25. The second kappa shape index (κ2) is 5.66. The van der Waals surface area contributed by atoms with E-state index in [4.69, 9.17) is 5.73 Å². The Bertz CT molecular complexity index is 514. The molecule has 2 N–H and O–H groups in total. The topological polar surface area (TPSA) is 63.4 Å². The molecule has 0 aliphatic rings. The summed E-state index contributed by atoms with van der Waals surface area (Å²) in [5.41, 5.74) is 5.96. The molecule has 17 heavy (non-hydrogen) atoms. The standard InChI is InChI=1S/C11H15BrN2O2S/c1-3-7-14(4-2)17(15,16)11-8-9(12)5-6-10(11)13/h3,5-6,8H,1,4,7,13H2,2H3. The van der Waals surface area contributed by atoms with Crippen molar-refractivity contribution in [2.75, 3.05) is 18.8 Å². The number of hydrogen-bond acceptors (Lipinski definition) is 3. The third-order valence-corrected chi connectivity index (χ3v) is 4.77. The van der Waals surface area contributed by atoms with Crippen molar-refractivity contribution < 1.29 is 8.42 Å². The van der Waals surface area contributed by atoms with E-state index in [-0.39, 0.29) is 17.1 Å². The van der Waals surface area contributed by atoms with E-state index in [9.17, 15) is 8.42 Å². The Morgan fingerprint density at radius 1 is 1.53 bits per heavy atom. The number of hydrogen-bond donors (Lipinski definition) is 1. The van der Waals surface area contributed by atoms with Gasteiger partial charge in [-0.1, -0.05) is 28.9 Å². The van der Waals surface area contributed by atoms with E-state index < -0.39 is 10.0 Å². The average molecular weight is 319 g/mol. The zero-order valence-corrected chi connectivity index (χ0v) is 12.0. The fourth-order valence-corrected chi connectivity index (χ4v) is 3.49. The fraction of sp³-hybridized carbons (Fsp3) is 0.273. The number of nitrogens with zero attached hydrogens (tertiary/aromatic N) is 1. The molecule has 0 aromatic heterocycles. The molecule has 4 nitrogen and oxygen atoms in total. The Kier molecular flexibility index (Phi) is 4.73. The molecule has 0 spiro atoms. The molecule has 94 valence electrons. The highest BCUT2D eigenvalue weighted by molar-refractivity contribution is 9.10. The second-order valence-electron chi connectivity index (χ2n) is 3.43. The van der Waals surface area contributed by atoms with Crippen molar-refractivity contribution in [1.82, 2.24) is 4.31 Å². The number of sulfonamides is 1. The molecule has 0 aliphatic carbocycles. The highest BCUT2D eigenvalue weighted by Crippen LogP contribution is 2.25. The molecule has 0 fully saturated rings. The quantitative estimate of drug-likeness (QED) is 0.669. The zero-order chi connectivity index (χ0) is 13.1. The van der Waals surface area contributed by atoms with Gasteiger partial charge in [0.25, 0.3) is 0 Å². The maximum Gasteiger partial charge on any atom is 0.245 e. The molecular formula is C11H15BrN2O2S. The summed E-state index contributed by atoms with van der Waals surface area (Å²) in [6.45, 7) is 5.97. The number of nitrogen functional groups attached to an aromatic ring is 1. The number of anilines is 1. The summed E-state index contributed by atoms with van der Waals surface area (Å²) in [6.07, 6.45) is 1.55. The van der Waals surface area contributed by atoms with Gasteiger partial charge >= 0.3 is 0 Å². The minimum Gasteiger partial charge on any atom is -0.398 e. The Balaban J connectivity index is 3.29. The molecule has 1 rings (SSSR count). The first-order chi connectivity index (χ1) is 7.93. The number of benzene rings is 1. The highest BCUT2D eigenvalue weighted by atomic mass is 79.9. The van der Waals surface area contributed by atoms with E-state index in [2.05, 4.69) is 22.5 Å². The highest BCUT2D eigenvalue weighted by Gasteiger charge is 2.24. The monoisotopic (exact) mass is 318 g/mol. The lowest BCUT2D eigenvalue weighted by Crippen LogP contribution is -2.31. The number of rotatable bonds is 5. The van der Waals surface area contributed by atoms with Crippen LogP contribution in [0, 0.1) is 0 Å². The van der Waals surface area contributed by atoms with Crippen molar-refractivity contribution in [3.8, 4) is 0 Å². The van der Waals surface area contributed by atoms with Crippen molar-refractivity contribution in [2.45, 2.75) is 11.8 Å². The number of likely N-dealkylation sites (N-methyl/N-ethyl adjacent to an activating group) is 1. The van der Waals surface area contributed by atoms with Gasteiger partial charge in [0.15, 0.2) is 0 Å². The molecule has 0 unspecified atom stereocenters. The van der Waals surface area contributed by atoms with Crippen molar-refractivity contribution in [1.29, 1.82) is 0 Å². The predicted molar refractivity (Wildman–Crippen MR) is 73.2 cm³/mol. The first-order valence-corrected chi connectivity index (χ1v) is 7.32. The van der Waals surface area contributed by atoms with Crippen LogP contribution in [0.15, 0.2) is 40.2 Å². The van der Waals surface area contributed by atoms with Gasteiger partial charge in [0, 0.05) is 17.6 Å². The van der Waals surface area contributed by atoms with Crippen molar-refractivity contribution >= 4 is 31.6 Å².